The molecule has 4 nitrogen and oxygen atoms in total. The molecule has 0 aliphatic heterocycles. The summed E-state index contributed by atoms with van der Waals surface area (Å²) in [5.74, 6) is -6.24. The van der Waals surface area contributed by atoms with Crippen molar-refractivity contribution in [1.82, 2.24) is 0 Å². The molecule has 6 heteroatoms. The van der Waals surface area contributed by atoms with Crippen LogP contribution in [-0.4, -0.2) is 22.2 Å². The van der Waals surface area contributed by atoms with Gasteiger partial charge in [0.05, 0.1) is 12.3 Å². The fourth-order valence-corrected chi connectivity index (χ4v) is 1.29. The van der Waals surface area contributed by atoms with Gasteiger partial charge in [-0.05, 0) is 18.2 Å². The quantitative estimate of drug-likeness (QED) is 0.823. The highest BCUT2D eigenvalue weighted by molar-refractivity contribution is 5.82. The Morgan fingerprint density at radius 1 is 1.25 bits per heavy atom. The Hall–Kier alpha value is -1.98. The lowest BCUT2D eigenvalue weighted by Crippen LogP contribution is -2.17. The summed E-state index contributed by atoms with van der Waals surface area (Å²) < 4.78 is 26.0. The van der Waals surface area contributed by atoms with Gasteiger partial charge in [0.1, 0.15) is 11.6 Å². The van der Waals surface area contributed by atoms with Gasteiger partial charge in [0.25, 0.3) is 0 Å². The minimum atomic E-state index is -1.59. The topological polar surface area (TPSA) is 74.6 Å². The first-order valence-electron chi connectivity index (χ1n) is 4.31. The van der Waals surface area contributed by atoms with Crippen LogP contribution in [-0.2, 0) is 9.59 Å². The minimum absolute atomic E-state index is 0.463. The maximum atomic E-state index is 13.2. The maximum absolute atomic E-state index is 13.2. The van der Waals surface area contributed by atoms with Crippen molar-refractivity contribution in [3.05, 3.63) is 35.4 Å². The number of halogens is 2. The predicted octanol–water partition coefficient (Wildman–Crippen LogP) is 1.61. The lowest BCUT2D eigenvalue weighted by Gasteiger charge is -2.11. The number of hydrogen-bond donors (Lipinski definition) is 2. The molecule has 0 fully saturated rings. The molecule has 1 unspecified atom stereocenters. The van der Waals surface area contributed by atoms with E-state index in [1.54, 1.807) is 0 Å². The summed E-state index contributed by atoms with van der Waals surface area (Å²) in [7, 11) is 0. The third kappa shape index (κ3) is 2.75. The maximum Gasteiger partial charge on any atom is 0.311 e. The molecular weight excluding hydrogens is 222 g/mol. The van der Waals surface area contributed by atoms with Crippen molar-refractivity contribution in [2.45, 2.75) is 12.3 Å². The first-order valence-corrected chi connectivity index (χ1v) is 4.31. The number of carbonyl (C=O) groups is 2. The van der Waals surface area contributed by atoms with E-state index >= 15 is 0 Å². The van der Waals surface area contributed by atoms with Crippen molar-refractivity contribution in [3.8, 4) is 0 Å². The molecule has 0 bridgehead atoms. The monoisotopic (exact) mass is 230 g/mol. The van der Waals surface area contributed by atoms with Crippen LogP contribution in [0, 0.1) is 11.6 Å². The zero-order chi connectivity index (χ0) is 12.3. The third-order valence-electron chi connectivity index (χ3n) is 2.01. The molecule has 1 aromatic rings. The molecule has 86 valence electrons. The predicted molar refractivity (Wildman–Crippen MR) is 49.0 cm³/mol. The van der Waals surface area contributed by atoms with Crippen molar-refractivity contribution in [1.29, 1.82) is 0 Å². The average molecular weight is 230 g/mol. The van der Waals surface area contributed by atoms with E-state index in [9.17, 15) is 18.4 Å². The number of carboxylic acid groups (broad SMARTS) is 2. The number of aliphatic carboxylic acids is 2. The van der Waals surface area contributed by atoms with Crippen LogP contribution in [0.2, 0.25) is 0 Å². The second-order valence-corrected chi connectivity index (χ2v) is 3.15. The van der Waals surface area contributed by atoms with Gasteiger partial charge < -0.3 is 10.2 Å². The van der Waals surface area contributed by atoms with Crippen LogP contribution < -0.4 is 0 Å². The van der Waals surface area contributed by atoms with Gasteiger partial charge in [-0.1, -0.05) is 0 Å². The molecule has 1 aromatic carbocycles. The highest BCUT2D eigenvalue weighted by Crippen LogP contribution is 2.23. The van der Waals surface area contributed by atoms with Crippen LogP contribution in [0.25, 0.3) is 0 Å². The van der Waals surface area contributed by atoms with E-state index in [1.165, 1.54) is 0 Å². The highest BCUT2D eigenvalue weighted by atomic mass is 19.1. The zero-order valence-electron chi connectivity index (χ0n) is 7.98. The first kappa shape index (κ1) is 12.1. The molecule has 0 aromatic heterocycles. The molecule has 2 N–H and O–H groups in total. The van der Waals surface area contributed by atoms with Crippen molar-refractivity contribution >= 4 is 11.9 Å². The average Bonchev–Trinajstić information content (AvgIpc) is 2.18. The van der Waals surface area contributed by atoms with E-state index in [0.717, 1.165) is 12.1 Å². The van der Waals surface area contributed by atoms with E-state index in [-0.39, 0.29) is 0 Å². The minimum Gasteiger partial charge on any atom is -0.481 e. The van der Waals surface area contributed by atoms with Crippen LogP contribution in [0.15, 0.2) is 18.2 Å². The highest BCUT2D eigenvalue weighted by Gasteiger charge is 2.26. The number of rotatable bonds is 4. The van der Waals surface area contributed by atoms with Crippen LogP contribution in [0.5, 0.6) is 0 Å². The lowest BCUT2D eigenvalue weighted by molar-refractivity contribution is -0.145. The number of hydrogen-bond acceptors (Lipinski definition) is 2. The summed E-state index contributed by atoms with van der Waals surface area (Å²) in [6.07, 6.45) is -0.796. The molecule has 0 saturated carbocycles. The third-order valence-corrected chi connectivity index (χ3v) is 2.01. The summed E-state index contributed by atoms with van der Waals surface area (Å²) in [6, 6.07) is 2.29. The molecule has 0 spiro atoms. The van der Waals surface area contributed by atoms with E-state index in [1.807, 2.05) is 0 Å². The lowest BCUT2D eigenvalue weighted by atomic mass is 9.95. The molecule has 1 atom stereocenters. The van der Waals surface area contributed by atoms with E-state index in [0.29, 0.717) is 6.07 Å². The zero-order valence-corrected chi connectivity index (χ0v) is 7.98. The summed E-state index contributed by atoms with van der Waals surface area (Å²) in [5, 5.41) is 17.2. The van der Waals surface area contributed by atoms with Crippen LogP contribution in [0.4, 0.5) is 8.78 Å². The van der Waals surface area contributed by atoms with Crippen LogP contribution >= 0.6 is 0 Å². The van der Waals surface area contributed by atoms with Gasteiger partial charge in [0.15, 0.2) is 0 Å². The molecular formula is C10H8F2O4. The summed E-state index contributed by atoms with van der Waals surface area (Å²) >= 11 is 0. The number of carboxylic acids is 2. The Bertz CT molecular complexity index is 431. The van der Waals surface area contributed by atoms with Gasteiger partial charge in [-0.25, -0.2) is 8.78 Å². The van der Waals surface area contributed by atoms with Crippen molar-refractivity contribution in [2.75, 3.05) is 0 Å². The molecule has 1 rings (SSSR count). The summed E-state index contributed by atoms with van der Waals surface area (Å²) in [6.45, 7) is 0. The van der Waals surface area contributed by atoms with Gasteiger partial charge in [0, 0.05) is 5.56 Å². The van der Waals surface area contributed by atoms with Gasteiger partial charge in [-0.2, -0.15) is 0 Å². The first-order chi connectivity index (χ1) is 7.41. The van der Waals surface area contributed by atoms with Crippen molar-refractivity contribution in [2.24, 2.45) is 0 Å². The smallest absolute Gasteiger partial charge is 0.311 e. The molecule has 16 heavy (non-hydrogen) atoms. The fourth-order valence-electron chi connectivity index (χ4n) is 1.29. The van der Waals surface area contributed by atoms with Crippen LogP contribution in [0.3, 0.4) is 0 Å². The second-order valence-electron chi connectivity index (χ2n) is 3.15. The standard InChI is InChI=1S/C10H8F2O4/c11-5-1-2-8(12)6(3-5)7(10(15)16)4-9(13)14/h1-3,7H,4H2,(H,13,14)(H,15,16). The normalized spacial score (nSPS) is 12.1. The molecule has 0 aliphatic rings. The SMILES string of the molecule is O=C(O)CC(C(=O)O)c1cc(F)ccc1F. The largest absolute Gasteiger partial charge is 0.481 e. The Morgan fingerprint density at radius 2 is 1.88 bits per heavy atom. The van der Waals surface area contributed by atoms with Gasteiger partial charge >= 0.3 is 11.9 Å². The number of benzene rings is 1. The Morgan fingerprint density at radius 3 is 2.38 bits per heavy atom. The fraction of sp³-hybridized carbons (Fsp3) is 0.200. The van der Waals surface area contributed by atoms with Gasteiger partial charge in [0.2, 0.25) is 0 Å². The molecule has 0 amide bonds. The van der Waals surface area contributed by atoms with Crippen LogP contribution in [0.1, 0.15) is 17.9 Å². The molecule has 0 saturated heterocycles. The van der Waals surface area contributed by atoms with E-state index < -0.39 is 41.5 Å². The molecule has 0 radical (unpaired) electrons. The molecule has 0 aliphatic carbocycles. The Balaban J connectivity index is 3.14. The van der Waals surface area contributed by atoms with Crippen molar-refractivity contribution in [3.63, 3.8) is 0 Å². The van der Waals surface area contributed by atoms with E-state index in [2.05, 4.69) is 0 Å². The summed E-state index contributed by atoms with van der Waals surface area (Å²) in [4.78, 5) is 21.2. The van der Waals surface area contributed by atoms with E-state index in [4.69, 9.17) is 10.2 Å². The Kier molecular flexibility index (Phi) is 3.55. The summed E-state index contributed by atoms with van der Waals surface area (Å²) in [5.41, 5.74) is -0.463. The van der Waals surface area contributed by atoms with Gasteiger partial charge in [-0.15, -0.1) is 0 Å². The molecule has 0 heterocycles. The van der Waals surface area contributed by atoms with Crippen molar-refractivity contribution < 1.29 is 28.6 Å². The van der Waals surface area contributed by atoms with Gasteiger partial charge in [-0.3, -0.25) is 9.59 Å². The second kappa shape index (κ2) is 4.69. The Labute approximate surface area is 89.1 Å².